The smallest absolute Gasteiger partial charge is 0.339 e. The van der Waals surface area contributed by atoms with E-state index in [1.807, 2.05) is 0 Å². The number of hydrogen-bond donors (Lipinski definition) is 2. The van der Waals surface area contributed by atoms with Gasteiger partial charge in [-0.2, -0.15) is 0 Å². The summed E-state index contributed by atoms with van der Waals surface area (Å²) in [6.45, 7) is 1.28. The van der Waals surface area contributed by atoms with E-state index in [1.54, 1.807) is 0 Å². The van der Waals surface area contributed by atoms with Crippen LogP contribution in [0, 0.1) is 12.7 Å². The third-order valence-corrected chi connectivity index (χ3v) is 1.82. The number of carbonyl (C=O) groups is 1. The van der Waals surface area contributed by atoms with Gasteiger partial charge in [-0.3, -0.25) is 0 Å². The number of pyridine rings is 1. The molecule has 0 saturated carbocycles. The molecule has 3 N–H and O–H groups in total. The number of rotatable bonds is 1. The van der Waals surface area contributed by atoms with Gasteiger partial charge in [0.05, 0.1) is 0 Å². The fourth-order valence-corrected chi connectivity index (χ4v) is 1.17. The maximum absolute atomic E-state index is 13.0. The summed E-state index contributed by atoms with van der Waals surface area (Å²) in [4.78, 5) is 13.9. The number of carboxylic acids is 1. The second-order valence-electron chi connectivity index (χ2n) is 2.41. The molecule has 0 radical (unpaired) electrons. The molecule has 1 heterocycles. The summed E-state index contributed by atoms with van der Waals surface area (Å²) < 4.78 is 13.0. The number of hydrogen-bond acceptors (Lipinski definition) is 3. The lowest BCUT2D eigenvalue weighted by Crippen LogP contribution is -2.09. The van der Waals surface area contributed by atoms with Gasteiger partial charge in [0, 0.05) is 5.56 Å². The average molecular weight is 205 g/mol. The van der Waals surface area contributed by atoms with Crippen molar-refractivity contribution in [1.82, 2.24) is 4.98 Å². The summed E-state index contributed by atoms with van der Waals surface area (Å²) in [6, 6.07) is 0. The molecule has 0 atom stereocenters. The van der Waals surface area contributed by atoms with Gasteiger partial charge in [-0.15, -0.1) is 0 Å². The van der Waals surface area contributed by atoms with E-state index in [0.29, 0.717) is 0 Å². The minimum Gasteiger partial charge on any atom is -0.478 e. The Bertz CT molecular complexity index is 381. The minimum atomic E-state index is -1.32. The van der Waals surface area contributed by atoms with Crippen LogP contribution in [-0.2, 0) is 0 Å². The molecule has 1 aromatic heterocycles. The molecule has 1 aromatic rings. The first-order chi connectivity index (χ1) is 5.95. The van der Waals surface area contributed by atoms with Crippen LogP contribution in [0.5, 0.6) is 0 Å². The molecule has 4 nitrogen and oxygen atoms in total. The Morgan fingerprint density at radius 3 is 2.69 bits per heavy atom. The van der Waals surface area contributed by atoms with Crippen LogP contribution in [0.15, 0.2) is 0 Å². The van der Waals surface area contributed by atoms with Crippen LogP contribution in [0.25, 0.3) is 0 Å². The Labute approximate surface area is 78.1 Å². The van der Waals surface area contributed by atoms with Gasteiger partial charge in [0.1, 0.15) is 11.4 Å². The molecule has 0 aliphatic rings. The first-order valence-corrected chi connectivity index (χ1v) is 3.67. The molecule has 13 heavy (non-hydrogen) atoms. The number of nitrogen functional groups attached to an aromatic ring is 1. The number of aromatic nitrogens is 1. The second kappa shape index (κ2) is 3.18. The normalized spacial score (nSPS) is 10.1. The number of halogens is 2. The third kappa shape index (κ3) is 1.55. The number of carboxylic acid groups (broad SMARTS) is 1. The van der Waals surface area contributed by atoms with E-state index in [-0.39, 0.29) is 16.9 Å². The maximum Gasteiger partial charge on any atom is 0.339 e. The average Bonchev–Trinajstić information content (AvgIpc) is 1.99. The highest BCUT2D eigenvalue weighted by Gasteiger charge is 2.18. The summed E-state index contributed by atoms with van der Waals surface area (Å²) in [5, 5.41) is 8.22. The highest BCUT2D eigenvalue weighted by Crippen LogP contribution is 2.23. The zero-order valence-electron chi connectivity index (χ0n) is 6.64. The Kier molecular flexibility index (Phi) is 2.38. The van der Waals surface area contributed by atoms with E-state index in [0.717, 1.165) is 0 Å². The monoisotopic (exact) mass is 204 g/mol. The number of nitrogens with two attached hydrogens (primary N) is 1. The first-order valence-electron chi connectivity index (χ1n) is 3.29. The van der Waals surface area contributed by atoms with Crippen LogP contribution in [0.4, 0.5) is 10.2 Å². The predicted molar refractivity (Wildman–Crippen MR) is 45.3 cm³/mol. The lowest BCUT2D eigenvalue weighted by molar-refractivity contribution is 0.0696. The molecule has 1 rings (SSSR count). The van der Waals surface area contributed by atoms with Crippen molar-refractivity contribution in [1.29, 1.82) is 0 Å². The molecule has 0 amide bonds. The van der Waals surface area contributed by atoms with E-state index in [4.69, 9.17) is 22.4 Å². The highest BCUT2D eigenvalue weighted by molar-refractivity contribution is 6.29. The van der Waals surface area contributed by atoms with Gasteiger partial charge in [-0.25, -0.2) is 14.2 Å². The zero-order chi connectivity index (χ0) is 10.2. The van der Waals surface area contributed by atoms with Gasteiger partial charge < -0.3 is 10.8 Å². The van der Waals surface area contributed by atoms with Gasteiger partial charge in [0.15, 0.2) is 11.0 Å². The molecule has 70 valence electrons. The molecule has 0 bridgehead atoms. The van der Waals surface area contributed by atoms with Crippen LogP contribution in [0.2, 0.25) is 5.15 Å². The van der Waals surface area contributed by atoms with E-state index in [1.165, 1.54) is 6.92 Å². The molecular formula is C7H6ClFN2O2. The molecule has 0 aliphatic carbocycles. The van der Waals surface area contributed by atoms with Crippen LogP contribution in [0.3, 0.4) is 0 Å². The Morgan fingerprint density at radius 1 is 1.69 bits per heavy atom. The molecule has 0 spiro atoms. The summed E-state index contributed by atoms with van der Waals surface area (Å²) >= 11 is 5.34. The molecule has 0 saturated heterocycles. The van der Waals surface area contributed by atoms with Gasteiger partial charge >= 0.3 is 5.97 Å². The fraction of sp³-hybridized carbons (Fsp3) is 0.143. The highest BCUT2D eigenvalue weighted by atomic mass is 35.5. The maximum atomic E-state index is 13.0. The standard InChI is InChI=1S/C7H6ClFN2O2/c1-2-3(7(12)13)6(10)11-5(8)4(2)9/h1H3,(H2,10,11)(H,12,13). The van der Waals surface area contributed by atoms with E-state index < -0.39 is 16.9 Å². The summed E-state index contributed by atoms with van der Waals surface area (Å²) in [5.41, 5.74) is 4.80. The summed E-state index contributed by atoms with van der Waals surface area (Å²) in [7, 11) is 0. The van der Waals surface area contributed by atoms with Crippen molar-refractivity contribution in [2.24, 2.45) is 0 Å². The zero-order valence-corrected chi connectivity index (χ0v) is 7.39. The van der Waals surface area contributed by atoms with Crippen molar-refractivity contribution in [3.05, 3.63) is 22.1 Å². The Balaban J connectivity index is 3.53. The third-order valence-electron chi connectivity index (χ3n) is 1.57. The lowest BCUT2D eigenvalue weighted by atomic mass is 10.1. The molecule has 0 fully saturated rings. The molecule has 0 aromatic carbocycles. The van der Waals surface area contributed by atoms with Gasteiger partial charge in [-0.1, -0.05) is 11.6 Å². The minimum absolute atomic E-state index is 0.106. The van der Waals surface area contributed by atoms with Crippen molar-refractivity contribution >= 4 is 23.4 Å². The largest absolute Gasteiger partial charge is 0.478 e. The van der Waals surface area contributed by atoms with E-state index in [9.17, 15) is 9.18 Å². The van der Waals surface area contributed by atoms with Crippen molar-refractivity contribution in [2.45, 2.75) is 6.92 Å². The Morgan fingerprint density at radius 2 is 2.23 bits per heavy atom. The van der Waals surface area contributed by atoms with Crippen LogP contribution in [0.1, 0.15) is 15.9 Å². The van der Waals surface area contributed by atoms with Crippen LogP contribution in [-0.4, -0.2) is 16.1 Å². The molecule has 6 heteroatoms. The number of nitrogens with zero attached hydrogens (tertiary/aromatic N) is 1. The van der Waals surface area contributed by atoms with Crippen molar-refractivity contribution < 1.29 is 14.3 Å². The van der Waals surface area contributed by atoms with E-state index >= 15 is 0 Å². The van der Waals surface area contributed by atoms with Crippen molar-refractivity contribution in [2.75, 3.05) is 5.73 Å². The Hall–Kier alpha value is -1.36. The fourth-order valence-electron chi connectivity index (χ4n) is 0.937. The molecule has 0 aliphatic heterocycles. The second-order valence-corrected chi connectivity index (χ2v) is 2.77. The summed E-state index contributed by atoms with van der Waals surface area (Å²) in [5.74, 6) is -2.46. The van der Waals surface area contributed by atoms with Crippen LogP contribution < -0.4 is 5.73 Å². The predicted octanol–water partition coefficient (Wildman–Crippen LogP) is 1.46. The molecular weight excluding hydrogens is 199 g/mol. The lowest BCUT2D eigenvalue weighted by Gasteiger charge is -2.05. The number of aromatic carboxylic acids is 1. The summed E-state index contributed by atoms with van der Waals surface area (Å²) in [6.07, 6.45) is 0. The quantitative estimate of drug-likeness (QED) is 0.679. The van der Waals surface area contributed by atoms with Crippen LogP contribution >= 0.6 is 11.6 Å². The molecule has 0 unspecified atom stereocenters. The van der Waals surface area contributed by atoms with Crippen molar-refractivity contribution in [3.8, 4) is 0 Å². The van der Waals surface area contributed by atoms with Gasteiger partial charge in [0.25, 0.3) is 0 Å². The topological polar surface area (TPSA) is 76.2 Å². The van der Waals surface area contributed by atoms with Gasteiger partial charge in [0.2, 0.25) is 0 Å². The van der Waals surface area contributed by atoms with Gasteiger partial charge in [-0.05, 0) is 6.92 Å². The van der Waals surface area contributed by atoms with Crippen molar-refractivity contribution in [3.63, 3.8) is 0 Å². The van der Waals surface area contributed by atoms with E-state index in [2.05, 4.69) is 4.98 Å². The SMILES string of the molecule is Cc1c(F)c(Cl)nc(N)c1C(=O)O. The number of anilines is 1. The first kappa shape index (κ1) is 9.73.